The molecule has 0 radical (unpaired) electrons. The zero-order valence-electron chi connectivity index (χ0n) is 12.2. The van der Waals surface area contributed by atoms with Gasteiger partial charge in [-0.3, -0.25) is 10.1 Å². The molecule has 2 aromatic carbocycles. The summed E-state index contributed by atoms with van der Waals surface area (Å²) in [5.74, 6) is 0.394. The predicted octanol–water partition coefficient (Wildman–Crippen LogP) is 2.16. The Kier molecular flexibility index (Phi) is 5.32. The lowest BCUT2D eigenvalue weighted by molar-refractivity contribution is -0.385. The number of hydrogen-bond acceptors (Lipinski definition) is 5. The number of rotatable bonds is 5. The van der Waals surface area contributed by atoms with E-state index in [1.165, 1.54) is 18.2 Å². The van der Waals surface area contributed by atoms with Crippen LogP contribution in [0, 0.1) is 10.1 Å². The molecule has 0 fully saturated rings. The van der Waals surface area contributed by atoms with Crippen molar-refractivity contribution < 1.29 is 14.8 Å². The number of anilines is 1. The molecule has 0 amide bonds. The number of non-ortho nitro benzene ring substituents is 1. The number of nitrogens with zero attached hydrogens (tertiary/aromatic N) is 1. The molecule has 0 aliphatic heterocycles. The maximum Gasteiger partial charge on any atom is 0.269 e. The number of hydrogen-bond donors (Lipinski definition) is 2. The van der Waals surface area contributed by atoms with Crippen LogP contribution in [-0.4, -0.2) is 17.1 Å². The van der Waals surface area contributed by atoms with E-state index in [4.69, 9.17) is 17.0 Å². The Morgan fingerprint density at radius 2 is 2.09 bits per heavy atom. The molecule has 0 heterocycles. The van der Waals surface area contributed by atoms with E-state index < -0.39 is 4.92 Å². The Labute approximate surface area is 138 Å². The second-order valence-corrected chi connectivity index (χ2v) is 5.00. The molecule has 8 heteroatoms. The third-order valence-electron chi connectivity index (χ3n) is 3.02. The van der Waals surface area contributed by atoms with E-state index in [0.29, 0.717) is 10.9 Å². The van der Waals surface area contributed by atoms with E-state index in [2.05, 4.69) is 10.6 Å². The van der Waals surface area contributed by atoms with Gasteiger partial charge in [0.25, 0.3) is 5.69 Å². The topological polar surface area (TPSA) is 99.5 Å². The molecule has 23 heavy (non-hydrogen) atoms. The molecule has 0 spiro atoms. The first-order chi connectivity index (χ1) is 11.0. The molecule has 0 aliphatic carbocycles. The summed E-state index contributed by atoms with van der Waals surface area (Å²) in [4.78, 5) is 10.2. The van der Waals surface area contributed by atoms with Crippen molar-refractivity contribution in [2.45, 2.75) is 6.54 Å². The van der Waals surface area contributed by atoms with Crippen molar-refractivity contribution in [2.24, 2.45) is 0 Å². The minimum Gasteiger partial charge on any atom is -0.872 e. The SMILES string of the molecule is COc1cccc(NC(=S)NCc2cc([N+](=O)[O-])ccc2[O-])c1. The van der Waals surface area contributed by atoms with Crippen LogP contribution in [0.4, 0.5) is 11.4 Å². The van der Waals surface area contributed by atoms with Gasteiger partial charge in [0.15, 0.2) is 5.11 Å². The highest BCUT2D eigenvalue weighted by Gasteiger charge is 2.07. The summed E-state index contributed by atoms with van der Waals surface area (Å²) in [5, 5.41) is 28.5. The standard InChI is InChI=1S/C15H15N3O4S/c1-22-13-4-2-3-11(8-13)17-15(23)16-9-10-7-12(18(20)21)5-6-14(10)19/h2-8,19H,9H2,1H3,(H2,16,17,23)/p-1. The number of benzene rings is 2. The third-order valence-corrected chi connectivity index (χ3v) is 3.27. The van der Waals surface area contributed by atoms with Crippen LogP contribution in [0.5, 0.6) is 11.5 Å². The summed E-state index contributed by atoms with van der Waals surface area (Å²) in [7, 11) is 1.56. The molecule has 2 aromatic rings. The van der Waals surface area contributed by atoms with Gasteiger partial charge in [-0.05, 0) is 29.9 Å². The first kappa shape index (κ1) is 16.5. The van der Waals surface area contributed by atoms with Crippen LogP contribution in [0.15, 0.2) is 42.5 Å². The first-order valence-corrected chi connectivity index (χ1v) is 7.03. The van der Waals surface area contributed by atoms with Crippen molar-refractivity contribution >= 4 is 28.7 Å². The Balaban J connectivity index is 1.99. The number of nitro benzene ring substituents is 1. The number of thiocarbonyl (C=S) groups is 1. The van der Waals surface area contributed by atoms with Gasteiger partial charge in [0.1, 0.15) is 5.75 Å². The first-order valence-electron chi connectivity index (χ1n) is 6.63. The molecular weight excluding hydrogens is 318 g/mol. The Morgan fingerprint density at radius 3 is 2.78 bits per heavy atom. The van der Waals surface area contributed by atoms with Crippen molar-refractivity contribution in [1.82, 2.24) is 5.32 Å². The summed E-state index contributed by atoms with van der Waals surface area (Å²) in [6.45, 7) is 0.0936. The average molecular weight is 332 g/mol. The Morgan fingerprint density at radius 1 is 1.30 bits per heavy atom. The molecule has 0 aromatic heterocycles. The van der Waals surface area contributed by atoms with E-state index in [0.717, 1.165) is 5.69 Å². The summed E-state index contributed by atoms with van der Waals surface area (Å²) in [5.41, 5.74) is 0.866. The second-order valence-electron chi connectivity index (χ2n) is 4.59. The van der Waals surface area contributed by atoms with E-state index in [1.54, 1.807) is 25.3 Å². The summed E-state index contributed by atoms with van der Waals surface area (Å²) in [6, 6.07) is 10.8. The van der Waals surface area contributed by atoms with Gasteiger partial charge in [-0.25, -0.2) is 0 Å². The highest BCUT2D eigenvalue weighted by Crippen LogP contribution is 2.21. The van der Waals surface area contributed by atoms with E-state index in [9.17, 15) is 15.2 Å². The molecule has 0 saturated heterocycles. The Bertz CT molecular complexity index is 736. The highest BCUT2D eigenvalue weighted by atomic mass is 32.1. The average Bonchev–Trinajstić information content (AvgIpc) is 2.54. The normalized spacial score (nSPS) is 9.96. The van der Waals surface area contributed by atoms with Gasteiger partial charge >= 0.3 is 0 Å². The monoisotopic (exact) mass is 332 g/mol. The van der Waals surface area contributed by atoms with Gasteiger partial charge in [0, 0.05) is 30.4 Å². The van der Waals surface area contributed by atoms with Crippen molar-refractivity contribution in [3.8, 4) is 11.5 Å². The predicted molar refractivity (Wildman–Crippen MR) is 88.6 cm³/mol. The maximum atomic E-state index is 11.7. The molecular formula is C15H14N3O4S-. The van der Waals surface area contributed by atoms with Crippen LogP contribution >= 0.6 is 12.2 Å². The van der Waals surface area contributed by atoms with Crippen LogP contribution in [0.3, 0.4) is 0 Å². The van der Waals surface area contributed by atoms with Crippen LogP contribution in [0.2, 0.25) is 0 Å². The third kappa shape index (κ3) is 4.55. The Hall–Kier alpha value is -2.87. The largest absolute Gasteiger partial charge is 0.872 e. The lowest BCUT2D eigenvalue weighted by Gasteiger charge is -2.15. The number of ether oxygens (including phenoxy) is 1. The fourth-order valence-corrected chi connectivity index (χ4v) is 2.06. The van der Waals surface area contributed by atoms with Crippen molar-refractivity contribution in [2.75, 3.05) is 12.4 Å². The molecule has 0 aliphatic rings. The summed E-state index contributed by atoms with van der Waals surface area (Å²) >= 11 is 5.14. The van der Waals surface area contributed by atoms with E-state index >= 15 is 0 Å². The van der Waals surface area contributed by atoms with Crippen LogP contribution in [-0.2, 0) is 6.54 Å². The number of nitro groups is 1. The quantitative estimate of drug-likeness (QED) is 0.492. The second kappa shape index (κ2) is 7.41. The van der Waals surface area contributed by atoms with Gasteiger partial charge < -0.3 is 20.5 Å². The molecule has 2 N–H and O–H groups in total. The lowest BCUT2D eigenvalue weighted by atomic mass is 10.2. The van der Waals surface area contributed by atoms with Crippen molar-refractivity contribution in [1.29, 1.82) is 0 Å². The maximum absolute atomic E-state index is 11.7. The zero-order valence-corrected chi connectivity index (χ0v) is 13.1. The molecule has 7 nitrogen and oxygen atoms in total. The minimum absolute atomic E-state index is 0.0936. The van der Waals surface area contributed by atoms with Gasteiger partial charge in [-0.1, -0.05) is 12.1 Å². The molecule has 2 rings (SSSR count). The molecule has 0 bridgehead atoms. The van der Waals surface area contributed by atoms with Crippen LogP contribution in [0.1, 0.15) is 5.56 Å². The smallest absolute Gasteiger partial charge is 0.269 e. The minimum atomic E-state index is -0.546. The van der Waals surface area contributed by atoms with Crippen molar-refractivity contribution in [3.05, 3.63) is 58.1 Å². The summed E-state index contributed by atoms with van der Waals surface area (Å²) in [6.07, 6.45) is 0. The van der Waals surface area contributed by atoms with Crippen LogP contribution < -0.4 is 20.5 Å². The molecule has 0 saturated carbocycles. The van der Waals surface area contributed by atoms with Gasteiger partial charge in [-0.15, -0.1) is 5.75 Å². The summed E-state index contributed by atoms with van der Waals surface area (Å²) < 4.78 is 5.11. The molecule has 0 unspecified atom stereocenters. The fourth-order valence-electron chi connectivity index (χ4n) is 1.87. The zero-order chi connectivity index (χ0) is 16.8. The van der Waals surface area contributed by atoms with E-state index in [-0.39, 0.29) is 23.5 Å². The molecule has 120 valence electrons. The van der Waals surface area contributed by atoms with Crippen LogP contribution in [0.25, 0.3) is 0 Å². The van der Waals surface area contributed by atoms with Gasteiger partial charge in [0.2, 0.25) is 0 Å². The lowest BCUT2D eigenvalue weighted by Crippen LogP contribution is -2.28. The van der Waals surface area contributed by atoms with Gasteiger partial charge in [0.05, 0.1) is 12.0 Å². The van der Waals surface area contributed by atoms with Gasteiger partial charge in [-0.2, -0.15) is 0 Å². The fraction of sp³-hybridized carbons (Fsp3) is 0.133. The number of methoxy groups -OCH3 is 1. The number of nitrogens with one attached hydrogen (secondary N) is 2. The van der Waals surface area contributed by atoms with Crippen molar-refractivity contribution in [3.63, 3.8) is 0 Å². The molecule has 0 atom stereocenters. The van der Waals surface area contributed by atoms with E-state index in [1.807, 2.05) is 6.07 Å². The highest BCUT2D eigenvalue weighted by molar-refractivity contribution is 7.80.